The lowest BCUT2D eigenvalue weighted by molar-refractivity contribution is -0.149. The van der Waals surface area contributed by atoms with E-state index in [-0.39, 0.29) is 6.61 Å². The molecular formula is C19H17NO4. The number of amides is 2. The van der Waals surface area contributed by atoms with Crippen molar-refractivity contribution in [3.05, 3.63) is 70.8 Å². The Morgan fingerprint density at radius 1 is 1.00 bits per heavy atom. The molecule has 3 rings (SSSR count). The lowest BCUT2D eigenvalue weighted by Crippen LogP contribution is -2.43. The number of benzene rings is 2. The van der Waals surface area contributed by atoms with Crippen molar-refractivity contribution >= 4 is 17.8 Å². The first kappa shape index (κ1) is 15.9. The molecule has 5 heteroatoms. The maximum atomic E-state index is 12.4. The molecule has 2 aromatic rings. The van der Waals surface area contributed by atoms with Crippen molar-refractivity contribution in [3.8, 4) is 0 Å². The second kappa shape index (κ2) is 6.28. The predicted molar refractivity (Wildman–Crippen MR) is 87.4 cm³/mol. The van der Waals surface area contributed by atoms with Crippen LogP contribution >= 0.6 is 0 Å². The minimum absolute atomic E-state index is 0.104. The van der Waals surface area contributed by atoms with Crippen molar-refractivity contribution < 1.29 is 19.1 Å². The molecular weight excluding hydrogens is 306 g/mol. The average molecular weight is 323 g/mol. The van der Waals surface area contributed by atoms with E-state index in [2.05, 4.69) is 0 Å². The number of carbonyl (C=O) groups excluding carboxylic acids is 3. The molecule has 1 heterocycles. The monoisotopic (exact) mass is 323 g/mol. The Morgan fingerprint density at radius 3 is 2.08 bits per heavy atom. The topological polar surface area (TPSA) is 63.7 Å². The quantitative estimate of drug-likeness (QED) is 0.641. The number of esters is 1. The van der Waals surface area contributed by atoms with Gasteiger partial charge in [-0.25, -0.2) is 4.79 Å². The van der Waals surface area contributed by atoms with Crippen LogP contribution in [0.25, 0.3) is 0 Å². The third-order valence-corrected chi connectivity index (χ3v) is 4.06. The van der Waals surface area contributed by atoms with E-state index in [1.54, 1.807) is 24.3 Å². The van der Waals surface area contributed by atoms with Gasteiger partial charge in [0, 0.05) is 0 Å². The fourth-order valence-corrected chi connectivity index (χ4v) is 2.62. The van der Waals surface area contributed by atoms with Gasteiger partial charge in [0.25, 0.3) is 11.8 Å². The minimum atomic E-state index is -0.970. The number of fused-ring (bicyclic) bond motifs is 1. The Hall–Kier alpha value is -2.95. The second-order valence-corrected chi connectivity index (χ2v) is 5.80. The zero-order chi connectivity index (χ0) is 17.3. The Kier molecular flexibility index (Phi) is 4.16. The first-order valence-electron chi connectivity index (χ1n) is 7.68. The zero-order valence-corrected chi connectivity index (χ0v) is 13.5. The fraction of sp³-hybridized carbons (Fsp3) is 0.211. The van der Waals surface area contributed by atoms with Crippen molar-refractivity contribution in [2.45, 2.75) is 26.5 Å². The number of hydrogen-bond acceptors (Lipinski definition) is 4. The summed E-state index contributed by atoms with van der Waals surface area (Å²) in [7, 11) is 0. The molecule has 0 aliphatic carbocycles. The highest BCUT2D eigenvalue weighted by Crippen LogP contribution is 2.24. The van der Waals surface area contributed by atoms with Gasteiger partial charge in [-0.15, -0.1) is 0 Å². The molecule has 0 aromatic heterocycles. The van der Waals surface area contributed by atoms with Crippen LogP contribution in [0.15, 0.2) is 48.5 Å². The van der Waals surface area contributed by atoms with Gasteiger partial charge in [0.2, 0.25) is 0 Å². The van der Waals surface area contributed by atoms with E-state index >= 15 is 0 Å². The molecule has 24 heavy (non-hydrogen) atoms. The van der Waals surface area contributed by atoms with E-state index in [0.29, 0.717) is 11.1 Å². The van der Waals surface area contributed by atoms with Crippen molar-refractivity contribution in [2.24, 2.45) is 0 Å². The van der Waals surface area contributed by atoms with Crippen LogP contribution in [0.2, 0.25) is 0 Å². The highest BCUT2D eigenvalue weighted by atomic mass is 16.5. The van der Waals surface area contributed by atoms with Crippen LogP contribution in [0.3, 0.4) is 0 Å². The van der Waals surface area contributed by atoms with Gasteiger partial charge in [0.1, 0.15) is 12.6 Å². The van der Waals surface area contributed by atoms with E-state index in [9.17, 15) is 14.4 Å². The molecule has 5 nitrogen and oxygen atoms in total. The third kappa shape index (κ3) is 2.80. The molecule has 0 saturated carbocycles. The predicted octanol–water partition coefficient (Wildman–Crippen LogP) is 2.72. The molecule has 0 saturated heterocycles. The van der Waals surface area contributed by atoms with Crippen LogP contribution in [0.4, 0.5) is 0 Å². The highest BCUT2D eigenvalue weighted by molar-refractivity contribution is 6.22. The molecule has 0 fully saturated rings. The summed E-state index contributed by atoms with van der Waals surface area (Å²) in [6, 6.07) is 13.2. The van der Waals surface area contributed by atoms with Crippen molar-refractivity contribution in [1.29, 1.82) is 0 Å². The Labute approximate surface area is 139 Å². The number of ether oxygens (including phenoxy) is 1. The largest absolute Gasteiger partial charge is 0.459 e. The summed E-state index contributed by atoms with van der Waals surface area (Å²) < 4.78 is 5.25. The number of hydrogen-bond donors (Lipinski definition) is 0. The maximum Gasteiger partial charge on any atom is 0.329 e. The van der Waals surface area contributed by atoms with Crippen LogP contribution < -0.4 is 0 Å². The lowest BCUT2D eigenvalue weighted by atomic mass is 10.1. The van der Waals surface area contributed by atoms with Crippen molar-refractivity contribution in [3.63, 3.8) is 0 Å². The van der Waals surface area contributed by atoms with Crippen LogP contribution in [0.5, 0.6) is 0 Å². The number of rotatable bonds is 4. The van der Waals surface area contributed by atoms with E-state index in [4.69, 9.17) is 4.74 Å². The summed E-state index contributed by atoms with van der Waals surface area (Å²) >= 11 is 0. The minimum Gasteiger partial charge on any atom is -0.459 e. The number of aryl methyl sites for hydroxylation is 1. The van der Waals surface area contributed by atoms with Gasteiger partial charge in [0.15, 0.2) is 0 Å². The first-order chi connectivity index (χ1) is 11.5. The molecule has 0 radical (unpaired) electrons. The standard InChI is InChI=1S/C19H17NO4/c1-12-7-9-14(10-8-12)11-24-19(23)13(2)20-17(21)15-5-3-4-6-16(15)18(20)22/h3-10,13H,11H2,1-2H3/t13-/m0/s1. The van der Waals surface area contributed by atoms with Gasteiger partial charge < -0.3 is 4.74 Å². The van der Waals surface area contributed by atoms with Crippen LogP contribution in [0, 0.1) is 6.92 Å². The Morgan fingerprint density at radius 2 is 1.54 bits per heavy atom. The number of carbonyl (C=O) groups is 3. The lowest BCUT2D eigenvalue weighted by Gasteiger charge is -2.20. The summed E-state index contributed by atoms with van der Waals surface area (Å²) in [6.45, 7) is 3.58. The maximum absolute atomic E-state index is 12.4. The van der Waals surface area contributed by atoms with Crippen LogP contribution in [0.1, 0.15) is 38.8 Å². The number of imide groups is 1. The van der Waals surface area contributed by atoms with Crippen molar-refractivity contribution in [1.82, 2.24) is 4.90 Å². The number of nitrogens with zero attached hydrogens (tertiary/aromatic N) is 1. The molecule has 0 spiro atoms. The van der Waals surface area contributed by atoms with Crippen LogP contribution in [-0.4, -0.2) is 28.7 Å². The third-order valence-electron chi connectivity index (χ3n) is 4.06. The van der Waals surface area contributed by atoms with Crippen LogP contribution in [-0.2, 0) is 16.1 Å². The zero-order valence-electron chi connectivity index (χ0n) is 13.5. The SMILES string of the molecule is Cc1ccc(COC(=O)[C@H](C)N2C(=O)c3ccccc3C2=O)cc1. The molecule has 0 unspecified atom stereocenters. The smallest absolute Gasteiger partial charge is 0.329 e. The van der Waals surface area contributed by atoms with Gasteiger partial charge in [-0.2, -0.15) is 0 Å². The van der Waals surface area contributed by atoms with Gasteiger partial charge in [0.05, 0.1) is 11.1 Å². The highest BCUT2D eigenvalue weighted by Gasteiger charge is 2.41. The van der Waals surface area contributed by atoms with E-state index < -0.39 is 23.8 Å². The normalized spacial score (nSPS) is 14.5. The van der Waals surface area contributed by atoms with E-state index in [0.717, 1.165) is 16.0 Å². The molecule has 0 N–H and O–H groups in total. The van der Waals surface area contributed by atoms with Gasteiger partial charge >= 0.3 is 5.97 Å². The summed E-state index contributed by atoms with van der Waals surface area (Å²) in [5.74, 6) is -1.53. The molecule has 1 aliphatic heterocycles. The molecule has 1 atom stereocenters. The summed E-state index contributed by atoms with van der Waals surface area (Å²) in [6.07, 6.45) is 0. The summed E-state index contributed by atoms with van der Waals surface area (Å²) in [4.78, 5) is 37.9. The first-order valence-corrected chi connectivity index (χ1v) is 7.68. The molecule has 2 amide bonds. The summed E-state index contributed by atoms with van der Waals surface area (Å²) in [5.41, 5.74) is 2.61. The van der Waals surface area contributed by atoms with Gasteiger partial charge in [-0.05, 0) is 31.5 Å². The summed E-state index contributed by atoms with van der Waals surface area (Å²) in [5, 5.41) is 0. The molecule has 1 aliphatic rings. The fourth-order valence-electron chi connectivity index (χ4n) is 2.62. The Bertz CT molecular complexity index is 775. The Balaban J connectivity index is 1.69. The van der Waals surface area contributed by atoms with Crippen molar-refractivity contribution in [2.75, 3.05) is 0 Å². The molecule has 2 aromatic carbocycles. The van der Waals surface area contributed by atoms with E-state index in [1.165, 1.54) is 6.92 Å². The van der Waals surface area contributed by atoms with Gasteiger partial charge in [-0.1, -0.05) is 42.0 Å². The second-order valence-electron chi connectivity index (χ2n) is 5.80. The average Bonchev–Trinajstić information content (AvgIpc) is 2.85. The molecule has 122 valence electrons. The van der Waals surface area contributed by atoms with E-state index in [1.807, 2.05) is 31.2 Å². The molecule has 0 bridgehead atoms. The van der Waals surface area contributed by atoms with Gasteiger partial charge in [-0.3, -0.25) is 14.5 Å².